The van der Waals surface area contributed by atoms with Crippen LogP contribution in [0.3, 0.4) is 0 Å². The van der Waals surface area contributed by atoms with Crippen molar-refractivity contribution in [2.75, 3.05) is 13.2 Å². The van der Waals surface area contributed by atoms with Gasteiger partial charge in [-0.2, -0.15) is 0 Å². The monoisotopic (exact) mass is 223 g/mol. The van der Waals surface area contributed by atoms with E-state index in [9.17, 15) is 4.79 Å². The minimum atomic E-state index is -1.03. The third kappa shape index (κ3) is 2.49. The largest absolute Gasteiger partial charge is 0.490 e. The molecule has 2 heterocycles. The zero-order chi connectivity index (χ0) is 11.4. The number of carbonyl (C=O) groups is 1. The average Bonchev–Trinajstić information content (AvgIpc) is 2.79. The Kier molecular flexibility index (Phi) is 3.36. The first-order chi connectivity index (χ1) is 7.77. The van der Waals surface area contributed by atoms with Crippen molar-refractivity contribution in [3.05, 3.63) is 24.0 Å². The van der Waals surface area contributed by atoms with Gasteiger partial charge in [0.05, 0.1) is 6.10 Å². The lowest BCUT2D eigenvalue weighted by atomic mass is 10.2. The average molecular weight is 223 g/mol. The first-order valence-electron chi connectivity index (χ1n) is 5.19. The van der Waals surface area contributed by atoms with E-state index in [1.807, 2.05) is 0 Å². The Balaban J connectivity index is 2.00. The van der Waals surface area contributed by atoms with Crippen LogP contribution in [0.1, 0.15) is 23.2 Å². The standard InChI is InChI=1S/C11H13NO4/c13-11(14)9-6-12-4-3-10(9)16-7-8-2-1-5-15-8/h3-4,6,8H,1-2,5,7H2,(H,13,14). The SMILES string of the molecule is O=C(O)c1cnccc1OCC1CCCO1. The summed E-state index contributed by atoms with van der Waals surface area (Å²) in [6.07, 6.45) is 4.88. The number of rotatable bonds is 4. The summed E-state index contributed by atoms with van der Waals surface area (Å²) in [5.41, 5.74) is 0.0838. The van der Waals surface area contributed by atoms with Crippen molar-refractivity contribution in [2.24, 2.45) is 0 Å². The van der Waals surface area contributed by atoms with Gasteiger partial charge >= 0.3 is 5.97 Å². The van der Waals surface area contributed by atoms with E-state index in [1.165, 1.54) is 12.4 Å². The summed E-state index contributed by atoms with van der Waals surface area (Å²) in [6.45, 7) is 1.15. The number of aromatic carboxylic acids is 1. The predicted octanol–water partition coefficient (Wildman–Crippen LogP) is 1.34. The maximum absolute atomic E-state index is 10.9. The van der Waals surface area contributed by atoms with E-state index < -0.39 is 5.97 Å². The maximum Gasteiger partial charge on any atom is 0.341 e. The van der Waals surface area contributed by atoms with Crippen LogP contribution in [0, 0.1) is 0 Å². The second-order valence-electron chi connectivity index (χ2n) is 3.62. The lowest BCUT2D eigenvalue weighted by Gasteiger charge is -2.12. The van der Waals surface area contributed by atoms with Crippen LogP contribution in [0.2, 0.25) is 0 Å². The van der Waals surface area contributed by atoms with Crippen LogP contribution in [0.4, 0.5) is 0 Å². The summed E-state index contributed by atoms with van der Waals surface area (Å²) in [5, 5.41) is 8.91. The molecule has 0 amide bonds. The van der Waals surface area contributed by atoms with Gasteiger partial charge in [-0.1, -0.05) is 0 Å². The first kappa shape index (κ1) is 10.9. The van der Waals surface area contributed by atoms with Gasteiger partial charge in [0.15, 0.2) is 0 Å². The van der Waals surface area contributed by atoms with Crippen LogP contribution in [-0.4, -0.2) is 35.4 Å². The van der Waals surface area contributed by atoms with Crippen LogP contribution in [0.25, 0.3) is 0 Å². The summed E-state index contributed by atoms with van der Waals surface area (Å²) < 4.78 is 10.8. The maximum atomic E-state index is 10.9. The van der Waals surface area contributed by atoms with E-state index >= 15 is 0 Å². The highest BCUT2D eigenvalue weighted by molar-refractivity contribution is 5.90. The second-order valence-corrected chi connectivity index (χ2v) is 3.62. The number of carboxylic acids is 1. The normalized spacial score (nSPS) is 19.6. The molecule has 0 aromatic carbocycles. The van der Waals surface area contributed by atoms with E-state index in [0.29, 0.717) is 12.4 Å². The molecule has 1 aromatic rings. The molecule has 0 spiro atoms. The van der Waals surface area contributed by atoms with Crippen LogP contribution in [0.15, 0.2) is 18.5 Å². The number of hydrogen-bond donors (Lipinski definition) is 1. The molecule has 1 atom stereocenters. The Morgan fingerprint density at radius 1 is 1.69 bits per heavy atom. The minimum absolute atomic E-state index is 0.0785. The van der Waals surface area contributed by atoms with Crippen molar-refractivity contribution < 1.29 is 19.4 Å². The quantitative estimate of drug-likeness (QED) is 0.834. The predicted molar refractivity (Wildman–Crippen MR) is 55.7 cm³/mol. The first-order valence-corrected chi connectivity index (χ1v) is 5.19. The zero-order valence-electron chi connectivity index (χ0n) is 8.76. The second kappa shape index (κ2) is 4.94. The van der Waals surface area contributed by atoms with Gasteiger partial charge in [-0.15, -0.1) is 0 Å². The summed E-state index contributed by atoms with van der Waals surface area (Å²) in [7, 11) is 0. The van der Waals surface area contributed by atoms with Gasteiger partial charge in [-0.3, -0.25) is 4.98 Å². The van der Waals surface area contributed by atoms with E-state index in [1.54, 1.807) is 6.07 Å². The van der Waals surface area contributed by atoms with Gasteiger partial charge in [0.2, 0.25) is 0 Å². The molecule has 0 radical (unpaired) electrons. The fourth-order valence-corrected chi connectivity index (χ4v) is 1.63. The number of pyridine rings is 1. The molecule has 0 aliphatic carbocycles. The highest BCUT2D eigenvalue weighted by Crippen LogP contribution is 2.19. The molecule has 1 saturated heterocycles. The molecule has 16 heavy (non-hydrogen) atoms. The van der Waals surface area contributed by atoms with Crippen molar-refractivity contribution >= 4 is 5.97 Å². The van der Waals surface area contributed by atoms with Gasteiger partial charge in [-0.25, -0.2) is 4.79 Å². The Bertz CT molecular complexity index is 374. The molecule has 1 unspecified atom stereocenters. The van der Waals surface area contributed by atoms with E-state index in [4.69, 9.17) is 14.6 Å². The highest BCUT2D eigenvalue weighted by atomic mass is 16.5. The molecule has 1 aromatic heterocycles. The molecular weight excluding hydrogens is 210 g/mol. The molecule has 86 valence electrons. The molecule has 1 N–H and O–H groups in total. The molecule has 1 aliphatic rings. The molecule has 1 aliphatic heterocycles. The van der Waals surface area contributed by atoms with Crippen LogP contribution < -0.4 is 4.74 Å². The lowest BCUT2D eigenvalue weighted by Crippen LogP contribution is -2.17. The summed E-state index contributed by atoms with van der Waals surface area (Å²) >= 11 is 0. The Morgan fingerprint density at radius 2 is 2.56 bits per heavy atom. The number of hydrogen-bond acceptors (Lipinski definition) is 4. The summed E-state index contributed by atoms with van der Waals surface area (Å²) in [6, 6.07) is 1.55. The number of carboxylic acid groups (broad SMARTS) is 1. The number of nitrogens with zero attached hydrogens (tertiary/aromatic N) is 1. The third-order valence-corrected chi connectivity index (χ3v) is 2.46. The van der Waals surface area contributed by atoms with Crippen molar-refractivity contribution in [3.63, 3.8) is 0 Å². The van der Waals surface area contributed by atoms with Crippen LogP contribution in [-0.2, 0) is 4.74 Å². The molecule has 2 rings (SSSR count). The molecule has 0 saturated carbocycles. The summed E-state index contributed by atoms with van der Waals surface area (Å²) in [4.78, 5) is 14.6. The fourth-order valence-electron chi connectivity index (χ4n) is 1.63. The minimum Gasteiger partial charge on any atom is -0.490 e. The molecule has 5 heteroatoms. The Morgan fingerprint density at radius 3 is 3.25 bits per heavy atom. The molecule has 1 fully saturated rings. The Hall–Kier alpha value is -1.62. The molecular formula is C11H13NO4. The van der Waals surface area contributed by atoms with E-state index in [0.717, 1.165) is 19.4 Å². The topological polar surface area (TPSA) is 68.7 Å². The van der Waals surface area contributed by atoms with E-state index in [-0.39, 0.29) is 11.7 Å². The summed E-state index contributed by atoms with van der Waals surface area (Å²) in [5.74, 6) is -0.687. The Labute approximate surface area is 93.0 Å². The van der Waals surface area contributed by atoms with Gasteiger partial charge < -0.3 is 14.6 Å². The number of ether oxygens (including phenoxy) is 2. The highest BCUT2D eigenvalue weighted by Gasteiger charge is 2.18. The number of aromatic nitrogens is 1. The van der Waals surface area contributed by atoms with Gasteiger partial charge in [0, 0.05) is 19.0 Å². The lowest BCUT2D eigenvalue weighted by molar-refractivity contribution is 0.0629. The van der Waals surface area contributed by atoms with Crippen molar-refractivity contribution in [2.45, 2.75) is 18.9 Å². The van der Waals surface area contributed by atoms with Crippen molar-refractivity contribution in [1.82, 2.24) is 4.98 Å². The van der Waals surface area contributed by atoms with Crippen LogP contribution in [0.5, 0.6) is 5.75 Å². The zero-order valence-corrected chi connectivity index (χ0v) is 8.76. The van der Waals surface area contributed by atoms with Crippen molar-refractivity contribution in [1.29, 1.82) is 0 Å². The fraction of sp³-hybridized carbons (Fsp3) is 0.455. The van der Waals surface area contributed by atoms with Gasteiger partial charge in [-0.05, 0) is 18.9 Å². The van der Waals surface area contributed by atoms with E-state index in [2.05, 4.69) is 4.98 Å². The van der Waals surface area contributed by atoms with Crippen molar-refractivity contribution in [3.8, 4) is 5.75 Å². The van der Waals surface area contributed by atoms with Crippen LogP contribution >= 0.6 is 0 Å². The smallest absolute Gasteiger partial charge is 0.341 e. The molecule has 0 bridgehead atoms. The van der Waals surface area contributed by atoms with Gasteiger partial charge in [0.25, 0.3) is 0 Å². The molecule has 5 nitrogen and oxygen atoms in total. The third-order valence-electron chi connectivity index (χ3n) is 2.46. The van der Waals surface area contributed by atoms with Gasteiger partial charge in [0.1, 0.15) is 17.9 Å².